The highest BCUT2D eigenvalue weighted by molar-refractivity contribution is 7.90. The first kappa shape index (κ1) is 15.7. The van der Waals surface area contributed by atoms with Crippen LogP contribution in [-0.2, 0) is 9.84 Å². The van der Waals surface area contributed by atoms with Crippen molar-refractivity contribution in [2.75, 3.05) is 11.7 Å². The standard InChI is InChI=1S/C12H15N5O2S/c1-7-4-5-10(20(3,18)19)8(2)11(7)17-16-9(6-13)12(14)15/h4-5,17H,1-3H3,(H3,14,15)/b16-9+. The number of nitriles is 1. The zero-order valence-corrected chi connectivity index (χ0v) is 12.2. The molecular formula is C12H15N5O2S. The van der Waals surface area contributed by atoms with Gasteiger partial charge in [-0.05, 0) is 31.0 Å². The Balaban J connectivity index is 3.34. The van der Waals surface area contributed by atoms with Crippen LogP contribution in [0.4, 0.5) is 5.69 Å². The van der Waals surface area contributed by atoms with Gasteiger partial charge in [-0.25, -0.2) is 8.42 Å². The smallest absolute Gasteiger partial charge is 0.201 e. The highest BCUT2D eigenvalue weighted by Gasteiger charge is 2.15. The number of benzene rings is 1. The number of hydrogen-bond acceptors (Lipinski definition) is 6. The molecule has 0 amide bonds. The summed E-state index contributed by atoms with van der Waals surface area (Å²) < 4.78 is 23.3. The topological polar surface area (TPSA) is 132 Å². The minimum absolute atomic E-state index is 0.183. The van der Waals surface area contributed by atoms with Gasteiger partial charge in [0.25, 0.3) is 0 Å². The number of nitrogens with one attached hydrogen (secondary N) is 2. The van der Waals surface area contributed by atoms with Gasteiger partial charge in [0, 0.05) is 6.26 Å². The van der Waals surface area contributed by atoms with Crippen LogP contribution < -0.4 is 11.2 Å². The van der Waals surface area contributed by atoms with E-state index >= 15 is 0 Å². The predicted molar refractivity (Wildman–Crippen MR) is 77.6 cm³/mol. The van der Waals surface area contributed by atoms with Crippen molar-refractivity contribution in [2.45, 2.75) is 18.7 Å². The normalized spacial score (nSPS) is 11.8. The van der Waals surface area contributed by atoms with Gasteiger partial charge < -0.3 is 5.73 Å². The van der Waals surface area contributed by atoms with E-state index in [1.165, 1.54) is 6.07 Å². The Morgan fingerprint density at radius 1 is 1.45 bits per heavy atom. The molecule has 0 aliphatic carbocycles. The molecular weight excluding hydrogens is 278 g/mol. The average molecular weight is 293 g/mol. The molecule has 7 nitrogen and oxygen atoms in total. The van der Waals surface area contributed by atoms with Gasteiger partial charge in [-0.1, -0.05) is 6.07 Å². The zero-order valence-electron chi connectivity index (χ0n) is 11.4. The van der Waals surface area contributed by atoms with Crippen LogP contribution >= 0.6 is 0 Å². The van der Waals surface area contributed by atoms with E-state index in [0.717, 1.165) is 11.8 Å². The molecule has 0 saturated carbocycles. The van der Waals surface area contributed by atoms with Crippen LogP contribution in [0.3, 0.4) is 0 Å². The minimum atomic E-state index is -3.35. The number of nitrogens with two attached hydrogens (primary N) is 1. The molecule has 0 spiro atoms. The van der Waals surface area contributed by atoms with Crippen molar-refractivity contribution in [2.24, 2.45) is 10.8 Å². The van der Waals surface area contributed by atoms with Crippen LogP contribution in [-0.4, -0.2) is 26.2 Å². The maximum absolute atomic E-state index is 11.6. The van der Waals surface area contributed by atoms with E-state index < -0.39 is 15.7 Å². The second kappa shape index (κ2) is 5.71. The maximum atomic E-state index is 11.6. The van der Waals surface area contributed by atoms with Gasteiger partial charge in [-0.2, -0.15) is 10.4 Å². The van der Waals surface area contributed by atoms with Crippen LogP contribution in [0.25, 0.3) is 0 Å². The number of hydrazone groups is 1. The molecule has 0 atom stereocenters. The summed E-state index contributed by atoms with van der Waals surface area (Å²) in [4.78, 5) is 0.183. The summed E-state index contributed by atoms with van der Waals surface area (Å²) >= 11 is 0. The number of aryl methyl sites for hydroxylation is 1. The van der Waals surface area contributed by atoms with Crippen molar-refractivity contribution in [3.05, 3.63) is 23.3 Å². The Morgan fingerprint density at radius 2 is 2.05 bits per heavy atom. The molecule has 0 aliphatic heterocycles. The molecule has 1 rings (SSSR count). The molecule has 106 valence electrons. The fourth-order valence-corrected chi connectivity index (χ4v) is 2.63. The fraction of sp³-hybridized carbons (Fsp3) is 0.250. The Labute approximate surface area is 117 Å². The zero-order chi connectivity index (χ0) is 15.5. The number of amidine groups is 1. The highest BCUT2D eigenvalue weighted by Crippen LogP contribution is 2.26. The molecule has 0 heterocycles. The SMILES string of the molecule is Cc1ccc(S(C)(=O)=O)c(C)c1N/N=C(\C#N)C(=N)N. The van der Waals surface area contributed by atoms with Gasteiger partial charge in [-0.15, -0.1) is 0 Å². The molecule has 0 unspecified atom stereocenters. The lowest BCUT2D eigenvalue weighted by atomic mass is 10.1. The lowest BCUT2D eigenvalue weighted by molar-refractivity contribution is 0.601. The second-order valence-electron chi connectivity index (χ2n) is 4.25. The van der Waals surface area contributed by atoms with Crippen molar-refractivity contribution in [1.82, 2.24) is 0 Å². The predicted octanol–water partition coefficient (Wildman–Crippen LogP) is 0.934. The first-order chi connectivity index (χ1) is 9.18. The van der Waals surface area contributed by atoms with E-state index in [0.29, 0.717) is 11.3 Å². The Bertz CT molecular complexity index is 729. The molecule has 0 fully saturated rings. The van der Waals surface area contributed by atoms with Gasteiger partial charge in [0.1, 0.15) is 6.07 Å². The molecule has 0 bridgehead atoms. The van der Waals surface area contributed by atoms with E-state index in [4.69, 9.17) is 16.4 Å². The number of rotatable bonds is 4. The summed E-state index contributed by atoms with van der Waals surface area (Å²) in [5, 5.41) is 19.6. The largest absolute Gasteiger partial charge is 0.382 e. The second-order valence-corrected chi connectivity index (χ2v) is 6.23. The van der Waals surface area contributed by atoms with Crippen LogP contribution in [0.15, 0.2) is 22.1 Å². The third-order valence-corrected chi connectivity index (χ3v) is 3.90. The molecule has 8 heteroatoms. The van der Waals surface area contributed by atoms with Crippen LogP contribution in [0.2, 0.25) is 0 Å². The highest BCUT2D eigenvalue weighted by atomic mass is 32.2. The quantitative estimate of drug-likeness (QED) is 0.431. The first-order valence-electron chi connectivity index (χ1n) is 5.57. The van der Waals surface area contributed by atoms with E-state index in [2.05, 4.69) is 10.5 Å². The number of sulfone groups is 1. The monoisotopic (exact) mass is 293 g/mol. The van der Waals surface area contributed by atoms with Crippen LogP contribution in [0.5, 0.6) is 0 Å². The summed E-state index contributed by atoms with van der Waals surface area (Å²) in [5.74, 6) is -0.463. The van der Waals surface area contributed by atoms with Crippen molar-refractivity contribution in [3.8, 4) is 6.07 Å². The van der Waals surface area contributed by atoms with E-state index in [9.17, 15) is 8.42 Å². The fourth-order valence-electron chi connectivity index (χ4n) is 1.66. The summed E-state index contributed by atoms with van der Waals surface area (Å²) in [7, 11) is -3.35. The maximum Gasteiger partial charge on any atom is 0.201 e. The van der Waals surface area contributed by atoms with E-state index in [1.54, 1.807) is 26.0 Å². The third kappa shape index (κ3) is 3.33. The van der Waals surface area contributed by atoms with Crippen LogP contribution in [0.1, 0.15) is 11.1 Å². The van der Waals surface area contributed by atoms with Gasteiger partial charge in [0.15, 0.2) is 15.7 Å². The molecule has 0 aromatic heterocycles. The van der Waals surface area contributed by atoms with Gasteiger partial charge in [0.05, 0.1) is 10.6 Å². The molecule has 0 saturated heterocycles. The molecule has 0 aliphatic rings. The lowest BCUT2D eigenvalue weighted by Crippen LogP contribution is -2.22. The summed E-state index contributed by atoms with van der Waals surface area (Å²) in [6.07, 6.45) is 1.12. The van der Waals surface area contributed by atoms with Crippen molar-refractivity contribution in [1.29, 1.82) is 10.7 Å². The lowest BCUT2D eigenvalue weighted by Gasteiger charge is -2.12. The number of anilines is 1. The van der Waals surface area contributed by atoms with Gasteiger partial charge in [0.2, 0.25) is 5.71 Å². The van der Waals surface area contributed by atoms with Crippen LogP contribution in [0, 0.1) is 30.6 Å². The van der Waals surface area contributed by atoms with Gasteiger partial charge >= 0.3 is 0 Å². The summed E-state index contributed by atoms with van der Waals surface area (Å²) in [6.45, 7) is 3.41. The number of hydrogen-bond donors (Lipinski definition) is 3. The molecule has 0 radical (unpaired) electrons. The molecule has 1 aromatic carbocycles. The molecule has 20 heavy (non-hydrogen) atoms. The third-order valence-electron chi connectivity index (χ3n) is 2.66. The minimum Gasteiger partial charge on any atom is -0.382 e. The Hall–Kier alpha value is -2.40. The summed E-state index contributed by atoms with van der Waals surface area (Å²) in [6, 6.07) is 4.83. The van der Waals surface area contributed by atoms with Crippen molar-refractivity contribution >= 4 is 27.1 Å². The molecule has 4 N–H and O–H groups in total. The first-order valence-corrected chi connectivity index (χ1v) is 7.46. The van der Waals surface area contributed by atoms with Crippen molar-refractivity contribution in [3.63, 3.8) is 0 Å². The molecule has 1 aromatic rings. The van der Waals surface area contributed by atoms with E-state index in [-0.39, 0.29) is 10.6 Å². The van der Waals surface area contributed by atoms with Crippen molar-refractivity contribution < 1.29 is 8.42 Å². The average Bonchev–Trinajstić information content (AvgIpc) is 2.31. The Kier molecular flexibility index (Phi) is 4.47. The van der Waals surface area contributed by atoms with Gasteiger partial charge in [-0.3, -0.25) is 10.8 Å². The van der Waals surface area contributed by atoms with E-state index in [1.807, 2.05) is 0 Å². The number of nitrogens with zero attached hydrogens (tertiary/aromatic N) is 2. The Morgan fingerprint density at radius 3 is 2.50 bits per heavy atom. The summed E-state index contributed by atoms with van der Waals surface area (Å²) in [5.41, 5.74) is 9.25.